The van der Waals surface area contributed by atoms with Gasteiger partial charge in [-0.2, -0.15) is 0 Å². The lowest BCUT2D eigenvalue weighted by molar-refractivity contribution is 0.291. The van der Waals surface area contributed by atoms with Gasteiger partial charge in [-0.25, -0.2) is 0 Å². The van der Waals surface area contributed by atoms with E-state index in [1.807, 2.05) is 0 Å². The van der Waals surface area contributed by atoms with Crippen molar-refractivity contribution in [1.82, 2.24) is 9.88 Å². The minimum Gasteiger partial charge on any atom is -0.350 e. The Morgan fingerprint density at radius 2 is 2.28 bits per heavy atom. The van der Waals surface area contributed by atoms with Crippen molar-refractivity contribution in [2.45, 2.75) is 52.1 Å². The third kappa shape index (κ3) is 2.23. The van der Waals surface area contributed by atoms with Crippen LogP contribution in [0.4, 0.5) is 0 Å². The van der Waals surface area contributed by atoms with Gasteiger partial charge in [0.25, 0.3) is 0 Å². The summed E-state index contributed by atoms with van der Waals surface area (Å²) in [6, 6.07) is 4.96. The smallest absolute Gasteiger partial charge is 0.0446 e. The van der Waals surface area contributed by atoms with Gasteiger partial charge in [0.1, 0.15) is 0 Å². The molecule has 0 aliphatic heterocycles. The van der Waals surface area contributed by atoms with Gasteiger partial charge in [-0.15, -0.1) is 0 Å². The number of aromatic nitrogens is 1. The molecule has 18 heavy (non-hydrogen) atoms. The quantitative estimate of drug-likeness (QED) is 0.840. The summed E-state index contributed by atoms with van der Waals surface area (Å²) in [5.74, 6) is 3.04. The first-order chi connectivity index (χ1) is 8.78. The average molecular weight is 246 g/mol. The second-order valence-electron chi connectivity index (χ2n) is 6.30. The average Bonchev–Trinajstić information content (AvgIpc) is 3.04. The summed E-state index contributed by atoms with van der Waals surface area (Å²) >= 11 is 0. The Morgan fingerprint density at radius 1 is 1.39 bits per heavy atom. The fourth-order valence-corrected chi connectivity index (χ4v) is 4.25. The van der Waals surface area contributed by atoms with Crippen LogP contribution in [0.15, 0.2) is 18.3 Å². The lowest BCUT2D eigenvalue weighted by Gasteiger charge is -2.24. The second kappa shape index (κ2) is 5.08. The Balaban J connectivity index is 1.68. The molecule has 1 N–H and O–H groups in total. The molecule has 1 heterocycles. The molecule has 2 bridgehead atoms. The first-order valence-electron chi connectivity index (χ1n) is 7.66. The van der Waals surface area contributed by atoms with Gasteiger partial charge in [0, 0.05) is 24.5 Å². The van der Waals surface area contributed by atoms with Gasteiger partial charge in [-0.05, 0) is 62.6 Å². The van der Waals surface area contributed by atoms with Crippen LogP contribution >= 0.6 is 0 Å². The van der Waals surface area contributed by atoms with Crippen LogP contribution in [-0.2, 0) is 6.54 Å². The monoisotopic (exact) mass is 246 g/mol. The van der Waals surface area contributed by atoms with E-state index in [1.54, 1.807) is 0 Å². The Kier molecular flexibility index (Phi) is 3.47. The van der Waals surface area contributed by atoms with Crippen LogP contribution in [0.5, 0.6) is 0 Å². The predicted molar refractivity (Wildman–Crippen MR) is 75.5 cm³/mol. The molecule has 0 spiro atoms. The number of hydrogen-bond acceptors (Lipinski definition) is 1. The van der Waals surface area contributed by atoms with Crippen molar-refractivity contribution < 1.29 is 0 Å². The highest BCUT2D eigenvalue weighted by Gasteiger charge is 2.39. The lowest BCUT2D eigenvalue weighted by atomic mass is 9.89. The Morgan fingerprint density at radius 3 is 2.94 bits per heavy atom. The highest BCUT2D eigenvalue weighted by Crippen LogP contribution is 2.48. The van der Waals surface area contributed by atoms with Crippen LogP contribution in [0.2, 0.25) is 0 Å². The number of rotatable bonds is 5. The maximum absolute atomic E-state index is 3.53. The molecular weight excluding hydrogens is 220 g/mol. The van der Waals surface area contributed by atoms with Gasteiger partial charge in [-0.1, -0.05) is 13.3 Å². The Hall–Kier alpha value is -0.760. The molecule has 0 radical (unpaired) electrons. The number of hydrogen-bond donors (Lipinski definition) is 1. The van der Waals surface area contributed by atoms with E-state index in [9.17, 15) is 0 Å². The lowest BCUT2D eigenvalue weighted by Crippen LogP contribution is -2.23. The van der Waals surface area contributed by atoms with E-state index in [2.05, 4.69) is 42.1 Å². The molecule has 100 valence electrons. The fraction of sp³-hybridized carbons (Fsp3) is 0.750. The molecule has 2 fully saturated rings. The van der Waals surface area contributed by atoms with E-state index < -0.39 is 0 Å². The number of nitrogens with zero attached hydrogens (tertiary/aromatic N) is 1. The molecular formula is C16H26N2. The molecule has 2 aliphatic carbocycles. The van der Waals surface area contributed by atoms with Gasteiger partial charge in [-0.3, -0.25) is 0 Å². The SMILES string of the molecule is CCNC(C)c1cccn1CC1CC2CCC1C2. The molecule has 2 nitrogen and oxygen atoms in total. The van der Waals surface area contributed by atoms with Gasteiger partial charge in [0.15, 0.2) is 0 Å². The Labute approximate surface area is 111 Å². The maximum Gasteiger partial charge on any atom is 0.0446 e. The minimum atomic E-state index is 0.476. The van der Waals surface area contributed by atoms with Gasteiger partial charge < -0.3 is 9.88 Å². The molecule has 4 atom stereocenters. The fourth-order valence-electron chi connectivity index (χ4n) is 4.25. The molecule has 0 aromatic carbocycles. The zero-order valence-corrected chi connectivity index (χ0v) is 11.7. The van der Waals surface area contributed by atoms with Crippen LogP contribution in [0.25, 0.3) is 0 Å². The number of nitrogens with one attached hydrogen (secondary N) is 1. The summed E-state index contributed by atoms with van der Waals surface area (Å²) in [5.41, 5.74) is 1.46. The highest BCUT2D eigenvalue weighted by atomic mass is 15.0. The van der Waals surface area contributed by atoms with Crippen LogP contribution in [-0.4, -0.2) is 11.1 Å². The van der Waals surface area contributed by atoms with E-state index in [4.69, 9.17) is 0 Å². The zero-order valence-electron chi connectivity index (χ0n) is 11.7. The van der Waals surface area contributed by atoms with E-state index in [0.717, 1.165) is 24.3 Å². The summed E-state index contributed by atoms with van der Waals surface area (Å²) in [6.07, 6.45) is 8.28. The topological polar surface area (TPSA) is 17.0 Å². The van der Waals surface area contributed by atoms with Crippen LogP contribution < -0.4 is 5.32 Å². The van der Waals surface area contributed by atoms with Crippen molar-refractivity contribution in [2.24, 2.45) is 17.8 Å². The third-order valence-electron chi connectivity index (χ3n) is 5.13. The van der Waals surface area contributed by atoms with Crippen molar-refractivity contribution in [3.63, 3.8) is 0 Å². The van der Waals surface area contributed by atoms with Crippen LogP contribution in [0.1, 0.15) is 51.3 Å². The summed E-state index contributed by atoms with van der Waals surface area (Å²) in [6.45, 7) is 6.75. The third-order valence-corrected chi connectivity index (χ3v) is 5.13. The molecule has 2 aliphatic rings. The van der Waals surface area contributed by atoms with Crippen LogP contribution in [0.3, 0.4) is 0 Å². The standard InChI is InChI=1S/C16H26N2/c1-3-17-12(2)16-5-4-8-18(16)11-15-10-13-6-7-14(15)9-13/h4-5,8,12-15,17H,3,6-7,9-11H2,1-2H3. The molecule has 1 aromatic rings. The van der Waals surface area contributed by atoms with Gasteiger partial charge in [0.2, 0.25) is 0 Å². The summed E-state index contributed by atoms with van der Waals surface area (Å²) in [4.78, 5) is 0. The van der Waals surface area contributed by atoms with E-state index in [0.29, 0.717) is 6.04 Å². The van der Waals surface area contributed by atoms with E-state index in [-0.39, 0.29) is 0 Å². The van der Waals surface area contributed by atoms with E-state index >= 15 is 0 Å². The molecule has 2 saturated carbocycles. The first kappa shape index (κ1) is 12.3. The van der Waals surface area contributed by atoms with Crippen LogP contribution in [0, 0.1) is 17.8 Å². The molecule has 0 saturated heterocycles. The largest absolute Gasteiger partial charge is 0.350 e. The van der Waals surface area contributed by atoms with Gasteiger partial charge in [0.05, 0.1) is 0 Å². The predicted octanol–water partition coefficient (Wildman–Crippen LogP) is 3.59. The van der Waals surface area contributed by atoms with Crippen molar-refractivity contribution in [3.8, 4) is 0 Å². The normalized spacial score (nSPS) is 32.0. The maximum atomic E-state index is 3.53. The van der Waals surface area contributed by atoms with Crippen molar-refractivity contribution in [1.29, 1.82) is 0 Å². The minimum absolute atomic E-state index is 0.476. The highest BCUT2D eigenvalue weighted by molar-refractivity contribution is 5.12. The van der Waals surface area contributed by atoms with Crippen molar-refractivity contribution in [2.75, 3.05) is 6.54 Å². The number of fused-ring (bicyclic) bond motifs is 2. The zero-order chi connectivity index (χ0) is 12.5. The Bertz CT molecular complexity index is 396. The summed E-state index contributed by atoms with van der Waals surface area (Å²) < 4.78 is 2.50. The van der Waals surface area contributed by atoms with Crippen molar-refractivity contribution in [3.05, 3.63) is 24.0 Å². The molecule has 1 aromatic heterocycles. The van der Waals surface area contributed by atoms with E-state index in [1.165, 1.54) is 37.9 Å². The molecule has 2 heteroatoms. The van der Waals surface area contributed by atoms with Gasteiger partial charge >= 0.3 is 0 Å². The first-order valence-corrected chi connectivity index (χ1v) is 7.66. The molecule has 4 unspecified atom stereocenters. The summed E-state index contributed by atoms with van der Waals surface area (Å²) in [7, 11) is 0. The second-order valence-corrected chi connectivity index (χ2v) is 6.30. The molecule has 0 amide bonds. The molecule has 3 rings (SSSR count). The van der Waals surface area contributed by atoms with Crippen molar-refractivity contribution >= 4 is 0 Å². The summed E-state index contributed by atoms with van der Waals surface area (Å²) in [5, 5.41) is 3.53.